The van der Waals surface area contributed by atoms with Crippen molar-refractivity contribution in [3.8, 4) is 0 Å². The topological polar surface area (TPSA) is 83.6 Å². The van der Waals surface area contributed by atoms with E-state index < -0.39 is 5.97 Å². The number of halogens is 1. The number of hydrogen-bond donors (Lipinski definition) is 2. The van der Waals surface area contributed by atoms with Gasteiger partial charge in [0.25, 0.3) is 5.91 Å². The molecular formula is C13H11ClN2O3S. The number of amides is 1. The second-order valence-corrected chi connectivity index (χ2v) is 5.76. The van der Waals surface area contributed by atoms with E-state index in [9.17, 15) is 9.59 Å². The molecule has 0 spiro atoms. The lowest BCUT2D eigenvalue weighted by Gasteiger charge is -2.18. The molecule has 5 nitrogen and oxygen atoms in total. The summed E-state index contributed by atoms with van der Waals surface area (Å²) < 4.78 is 0.524. The summed E-state index contributed by atoms with van der Waals surface area (Å²) in [5, 5.41) is 8.88. The minimum absolute atomic E-state index is 0.0752. The van der Waals surface area contributed by atoms with Crippen molar-refractivity contribution in [1.29, 1.82) is 0 Å². The van der Waals surface area contributed by atoms with E-state index in [1.165, 1.54) is 34.4 Å². The van der Waals surface area contributed by atoms with Gasteiger partial charge in [0.2, 0.25) is 0 Å². The number of hydrogen-bond acceptors (Lipinski definition) is 4. The first kappa shape index (κ1) is 14.4. The molecule has 104 valence electrons. The molecule has 1 heterocycles. The number of nitrogens with two attached hydrogens (primary N) is 1. The highest BCUT2D eigenvalue weighted by molar-refractivity contribution is 7.18. The largest absolute Gasteiger partial charge is 0.478 e. The molecule has 1 aromatic heterocycles. The number of anilines is 2. The Balaban J connectivity index is 2.31. The molecule has 0 bridgehead atoms. The average Bonchev–Trinajstić information content (AvgIpc) is 2.83. The van der Waals surface area contributed by atoms with Crippen molar-refractivity contribution >= 4 is 46.2 Å². The number of benzene rings is 1. The standard InChI is InChI=1S/C13H11ClN2O3S/c1-16(12(17)10-4-5-11(14)20-10)9-3-2-7(13(18)19)6-8(9)15/h2-6H,15H2,1H3,(H,18,19). The average molecular weight is 311 g/mol. The van der Waals surface area contributed by atoms with Crippen LogP contribution in [0.15, 0.2) is 30.3 Å². The van der Waals surface area contributed by atoms with E-state index in [0.29, 0.717) is 14.9 Å². The highest BCUT2D eigenvalue weighted by Gasteiger charge is 2.18. The number of carbonyl (C=O) groups excluding carboxylic acids is 1. The van der Waals surface area contributed by atoms with Crippen molar-refractivity contribution in [1.82, 2.24) is 0 Å². The zero-order valence-corrected chi connectivity index (χ0v) is 12.0. The third kappa shape index (κ3) is 2.76. The number of nitrogen functional groups attached to an aromatic ring is 1. The van der Waals surface area contributed by atoms with E-state index in [-0.39, 0.29) is 17.2 Å². The SMILES string of the molecule is CN(C(=O)c1ccc(Cl)s1)c1ccc(C(=O)O)cc1N. The summed E-state index contributed by atoms with van der Waals surface area (Å²) in [7, 11) is 1.57. The molecule has 1 amide bonds. The Kier molecular flexibility index (Phi) is 3.96. The predicted molar refractivity (Wildman–Crippen MR) is 79.9 cm³/mol. The first-order chi connectivity index (χ1) is 9.40. The van der Waals surface area contributed by atoms with Crippen LogP contribution in [0, 0.1) is 0 Å². The lowest BCUT2D eigenvalue weighted by Crippen LogP contribution is -2.26. The van der Waals surface area contributed by atoms with Crippen LogP contribution in [0.5, 0.6) is 0 Å². The van der Waals surface area contributed by atoms with Crippen LogP contribution in [0.1, 0.15) is 20.0 Å². The Morgan fingerprint density at radius 1 is 1.30 bits per heavy atom. The molecule has 0 fully saturated rings. The van der Waals surface area contributed by atoms with Gasteiger partial charge in [0.05, 0.1) is 26.2 Å². The summed E-state index contributed by atoms with van der Waals surface area (Å²) >= 11 is 6.97. The van der Waals surface area contributed by atoms with Crippen LogP contribution in [0.25, 0.3) is 0 Å². The molecule has 0 aliphatic rings. The van der Waals surface area contributed by atoms with Crippen LogP contribution in [-0.2, 0) is 0 Å². The Hall–Kier alpha value is -2.05. The van der Waals surface area contributed by atoms with E-state index in [1.54, 1.807) is 19.2 Å². The third-order valence-electron chi connectivity index (χ3n) is 2.72. The lowest BCUT2D eigenvalue weighted by molar-refractivity contribution is 0.0697. The van der Waals surface area contributed by atoms with Gasteiger partial charge >= 0.3 is 5.97 Å². The number of rotatable bonds is 3. The normalized spacial score (nSPS) is 10.3. The Bertz CT molecular complexity index is 684. The predicted octanol–water partition coefficient (Wildman–Crippen LogP) is 2.96. The van der Waals surface area contributed by atoms with Crippen molar-refractivity contribution in [2.24, 2.45) is 0 Å². The molecule has 0 saturated carbocycles. The fraction of sp³-hybridized carbons (Fsp3) is 0.0769. The zero-order chi connectivity index (χ0) is 14.9. The van der Waals surface area contributed by atoms with Gasteiger partial charge in [0.15, 0.2) is 0 Å². The van der Waals surface area contributed by atoms with E-state index in [0.717, 1.165) is 0 Å². The summed E-state index contributed by atoms with van der Waals surface area (Å²) in [6.07, 6.45) is 0. The number of carbonyl (C=O) groups is 2. The van der Waals surface area contributed by atoms with Gasteiger partial charge in [0.1, 0.15) is 0 Å². The molecule has 0 aliphatic heterocycles. The Morgan fingerprint density at radius 3 is 2.50 bits per heavy atom. The summed E-state index contributed by atoms with van der Waals surface area (Å²) in [6, 6.07) is 7.51. The maximum atomic E-state index is 12.2. The maximum Gasteiger partial charge on any atom is 0.335 e. The molecule has 0 saturated heterocycles. The van der Waals surface area contributed by atoms with Gasteiger partial charge in [-0.25, -0.2) is 4.79 Å². The third-order valence-corrected chi connectivity index (χ3v) is 3.94. The van der Waals surface area contributed by atoms with E-state index in [1.807, 2.05) is 0 Å². The van der Waals surface area contributed by atoms with Gasteiger partial charge in [-0.1, -0.05) is 11.6 Å². The first-order valence-corrected chi connectivity index (χ1v) is 6.76. The van der Waals surface area contributed by atoms with Crippen molar-refractivity contribution in [3.63, 3.8) is 0 Å². The number of thiophene rings is 1. The fourth-order valence-electron chi connectivity index (χ4n) is 1.70. The van der Waals surface area contributed by atoms with E-state index >= 15 is 0 Å². The van der Waals surface area contributed by atoms with Crippen LogP contribution in [0.4, 0.5) is 11.4 Å². The van der Waals surface area contributed by atoms with Crippen LogP contribution in [-0.4, -0.2) is 24.0 Å². The van der Waals surface area contributed by atoms with E-state index in [2.05, 4.69) is 0 Å². The maximum absolute atomic E-state index is 12.2. The summed E-state index contributed by atoms with van der Waals surface area (Å²) in [5.74, 6) is -1.32. The molecule has 2 rings (SSSR count). The number of carboxylic acid groups (broad SMARTS) is 1. The number of nitrogens with zero attached hydrogens (tertiary/aromatic N) is 1. The molecule has 0 radical (unpaired) electrons. The molecular weight excluding hydrogens is 300 g/mol. The second-order valence-electron chi connectivity index (χ2n) is 4.05. The van der Waals surface area contributed by atoms with Crippen molar-refractivity contribution in [2.45, 2.75) is 0 Å². The summed E-state index contributed by atoms with van der Waals surface area (Å²) in [6.45, 7) is 0. The highest BCUT2D eigenvalue weighted by Crippen LogP contribution is 2.28. The van der Waals surface area contributed by atoms with Gasteiger partial charge in [-0.3, -0.25) is 4.79 Å². The van der Waals surface area contributed by atoms with Crippen LogP contribution in [0.2, 0.25) is 4.34 Å². The minimum atomic E-state index is -1.07. The van der Waals surface area contributed by atoms with Crippen LogP contribution >= 0.6 is 22.9 Å². The van der Waals surface area contributed by atoms with Gasteiger partial charge in [-0.15, -0.1) is 11.3 Å². The highest BCUT2D eigenvalue weighted by atomic mass is 35.5. The molecule has 20 heavy (non-hydrogen) atoms. The van der Waals surface area contributed by atoms with Crippen molar-refractivity contribution < 1.29 is 14.7 Å². The molecule has 0 atom stereocenters. The van der Waals surface area contributed by atoms with E-state index in [4.69, 9.17) is 22.4 Å². The van der Waals surface area contributed by atoms with Gasteiger partial charge in [-0.05, 0) is 30.3 Å². The van der Waals surface area contributed by atoms with Crippen LogP contribution < -0.4 is 10.6 Å². The van der Waals surface area contributed by atoms with Gasteiger partial charge in [-0.2, -0.15) is 0 Å². The fourth-order valence-corrected chi connectivity index (χ4v) is 2.72. The Morgan fingerprint density at radius 2 is 2.00 bits per heavy atom. The number of aromatic carboxylic acids is 1. The van der Waals surface area contributed by atoms with Crippen molar-refractivity contribution in [3.05, 3.63) is 45.1 Å². The van der Waals surface area contributed by atoms with Crippen LogP contribution in [0.3, 0.4) is 0 Å². The molecule has 3 N–H and O–H groups in total. The lowest BCUT2D eigenvalue weighted by atomic mass is 10.1. The quantitative estimate of drug-likeness (QED) is 0.854. The molecule has 1 aromatic carbocycles. The molecule has 7 heteroatoms. The Labute approximate surface area is 124 Å². The van der Waals surface area contributed by atoms with Gasteiger partial charge < -0.3 is 15.7 Å². The zero-order valence-electron chi connectivity index (χ0n) is 10.5. The van der Waals surface area contributed by atoms with Gasteiger partial charge in [0, 0.05) is 7.05 Å². The first-order valence-electron chi connectivity index (χ1n) is 5.56. The minimum Gasteiger partial charge on any atom is -0.478 e. The number of carboxylic acids is 1. The second kappa shape index (κ2) is 5.52. The molecule has 0 aliphatic carbocycles. The smallest absolute Gasteiger partial charge is 0.335 e. The van der Waals surface area contributed by atoms with Crippen molar-refractivity contribution in [2.75, 3.05) is 17.7 Å². The monoisotopic (exact) mass is 310 g/mol. The molecule has 2 aromatic rings. The molecule has 0 unspecified atom stereocenters. The summed E-state index contributed by atoms with van der Waals surface area (Å²) in [5.41, 5.74) is 6.55. The summed E-state index contributed by atoms with van der Waals surface area (Å²) in [4.78, 5) is 24.9.